The Morgan fingerprint density at radius 1 is 1.20 bits per heavy atom. The van der Waals surface area contributed by atoms with Crippen molar-refractivity contribution in [1.29, 1.82) is 0 Å². The summed E-state index contributed by atoms with van der Waals surface area (Å²) in [5.74, 6) is -0.581. The molecule has 1 saturated heterocycles. The predicted octanol–water partition coefficient (Wildman–Crippen LogP) is 3.40. The lowest BCUT2D eigenvalue weighted by Crippen LogP contribution is -2.52. The molecule has 1 aromatic carbocycles. The highest BCUT2D eigenvalue weighted by Gasteiger charge is 2.58. The van der Waals surface area contributed by atoms with E-state index in [0.29, 0.717) is 37.6 Å². The van der Waals surface area contributed by atoms with Crippen molar-refractivity contribution in [3.8, 4) is 11.1 Å². The first-order valence-electron chi connectivity index (χ1n) is 10.0. The van der Waals surface area contributed by atoms with E-state index in [1.165, 1.54) is 0 Å². The Bertz CT molecular complexity index is 1030. The lowest BCUT2D eigenvalue weighted by Gasteiger charge is -2.41. The zero-order valence-electron chi connectivity index (χ0n) is 16.7. The minimum absolute atomic E-state index is 0.0585. The number of halogens is 2. The molecule has 1 aliphatic carbocycles. The minimum Gasteiger partial charge on any atom is -0.377 e. The SMILES string of the molecule is CC(=O)N1c2ccc(-c3cnn(C4COC4)c3)cc2N(C(=O)[C@H]2CC2(Cl)Cl)CC1C. The summed E-state index contributed by atoms with van der Waals surface area (Å²) in [4.78, 5) is 29.0. The number of benzene rings is 1. The summed E-state index contributed by atoms with van der Waals surface area (Å²) < 4.78 is 6.15. The molecule has 2 aromatic rings. The molecule has 0 spiro atoms. The summed E-state index contributed by atoms with van der Waals surface area (Å²) in [5, 5.41) is 4.45. The standard InChI is InChI=1S/C21H22Cl2N4O3/c1-12-8-25(20(29)17-6-21(17,22)23)19-5-14(3-4-18(19)27(12)13(2)28)15-7-24-26(9-15)16-10-30-11-16/h3-5,7,9,12,16-17H,6,8,10-11H2,1-2H3/t12?,17-/m1/s1. The predicted molar refractivity (Wildman–Crippen MR) is 115 cm³/mol. The smallest absolute Gasteiger partial charge is 0.233 e. The largest absolute Gasteiger partial charge is 0.377 e. The van der Waals surface area contributed by atoms with Crippen LogP contribution in [0, 0.1) is 5.92 Å². The van der Waals surface area contributed by atoms with Crippen molar-refractivity contribution < 1.29 is 14.3 Å². The second kappa shape index (κ2) is 6.97. The molecular formula is C21H22Cl2N4O3. The van der Waals surface area contributed by atoms with Gasteiger partial charge in [0.05, 0.1) is 48.8 Å². The van der Waals surface area contributed by atoms with Crippen LogP contribution in [-0.2, 0) is 14.3 Å². The van der Waals surface area contributed by atoms with Crippen LogP contribution in [-0.4, -0.2) is 51.7 Å². The molecule has 1 unspecified atom stereocenters. The maximum atomic E-state index is 13.2. The molecule has 7 nitrogen and oxygen atoms in total. The molecule has 0 bridgehead atoms. The highest BCUT2D eigenvalue weighted by molar-refractivity contribution is 6.52. The molecule has 1 saturated carbocycles. The van der Waals surface area contributed by atoms with Gasteiger partial charge in [-0.2, -0.15) is 5.10 Å². The van der Waals surface area contributed by atoms with Gasteiger partial charge in [-0.1, -0.05) is 6.07 Å². The molecule has 30 heavy (non-hydrogen) atoms. The first-order chi connectivity index (χ1) is 14.3. The third-order valence-corrected chi connectivity index (χ3v) is 6.91. The van der Waals surface area contributed by atoms with Crippen molar-refractivity contribution in [1.82, 2.24) is 9.78 Å². The minimum atomic E-state index is -0.998. The molecule has 1 aromatic heterocycles. The van der Waals surface area contributed by atoms with Crippen LogP contribution in [0.3, 0.4) is 0 Å². The number of hydrogen-bond acceptors (Lipinski definition) is 4. The normalized spacial score (nSPS) is 24.9. The van der Waals surface area contributed by atoms with Crippen molar-refractivity contribution in [3.63, 3.8) is 0 Å². The van der Waals surface area contributed by atoms with Gasteiger partial charge in [-0.15, -0.1) is 23.2 Å². The quantitative estimate of drug-likeness (QED) is 0.674. The van der Waals surface area contributed by atoms with Crippen LogP contribution in [0.4, 0.5) is 11.4 Å². The second-order valence-electron chi connectivity index (χ2n) is 8.31. The van der Waals surface area contributed by atoms with Crippen molar-refractivity contribution in [2.75, 3.05) is 29.6 Å². The Labute approximate surface area is 184 Å². The van der Waals surface area contributed by atoms with E-state index >= 15 is 0 Å². The lowest BCUT2D eigenvalue weighted by atomic mass is 10.0. The zero-order valence-corrected chi connectivity index (χ0v) is 18.2. The fraction of sp³-hybridized carbons (Fsp3) is 0.476. The summed E-state index contributed by atoms with van der Waals surface area (Å²) >= 11 is 12.3. The molecule has 0 N–H and O–H groups in total. The third kappa shape index (κ3) is 3.20. The number of carbonyl (C=O) groups excluding carboxylic acids is 2. The fourth-order valence-electron chi connectivity index (χ4n) is 4.23. The molecule has 5 rings (SSSR count). The van der Waals surface area contributed by atoms with Gasteiger partial charge in [-0.3, -0.25) is 14.3 Å². The molecule has 2 aliphatic heterocycles. The highest BCUT2D eigenvalue weighted by Crippen LogP contribution is 2.55. The van der Waals surface area contributed by atoms with Gasteiger partial charge in [0.1, 0.15) is 4.33 Å². The molecule has 0 radical (unpaired) electrons. The monoisotopic (exact) mass is 448 g/mol. The summed E-state index contributed by atoms with van der Waals surface area (Å²) in [6.07, 6.45) is 4.24. The van der Waals surface area contributed by atoms with Crippen LogP contribution < -0.4 is 9.80 Å². The topological polar surface area (TPSA) is 67.7 Å². The summed E-state index contributed by atoms with van der Waals surface area (Å²) in [5.41, 5.74) is 3.28. The van der Waals surface area contributed by atoms with E-state index in [0.717, 1.165) is 11.1 Å². The van der Waals surface area contributed by atoms with Crippen LogP contribution in [0.2, 0.25) is 0 Å². The van der Waals surface area contributed by atoms with Gasteiger partial charge >= 0.3 is 0 Å². The Balaban J connectivity index is 1.54. The van der Waals surface area contributed by atoms with Crippen LogP contribution >= 0.6 is 23.2 Å². The number of aromatic nitrogens is 2. The molecule has 2 atom stereocenters. The molecule has 3 heterocycles. The van der Waals surface area contributed by atoms with E-state index in [2.05, 4.69) is 5.10 Å². The second-order valence-corrected chi connectivity index (χ2v) is 9.85. The molecule has 2 amide bonds. The van der Waals surface area contributed by atoms with Gasteiger partial charge in [-0.25, -0.2) is 0 Å². The number of fused-ring (bicyclic) bond motifs is 1. The maximum Gasteiger partial charge on any atom is 0.233 e. The van der Waals surface area contributed by atoms with Crippen molar-refractivity contribution in [2.45, 2.75) is 36.7 Å². The fourth-order valence-corrected chi connectivity index (χ4v) is 4.72. The van der Waals surface area contributed by atoms with E-state index in [1.54, 1.807) is 16.7 Å². The number of hydrogen-bond donors (Lipinski definition) is 0. The van der Waals surface area contributed by atoms with E-state index < -0.39 is 10.3 Å². The van der Waals surface area contributed by atoms with E-state index in [-0.39, 0.29) is 23.9 Å². The Kier molecular flexibility index (Phi) is 4.61. The van der Waals surface area contributed by atoms with Gasteiger partial charge in [0.2, 0.25) is 11.8 Å². The van der Waals surface area contributed by atoms with Gasteiger partial charge in [0.15, 0.2) is 0 Å². The van der Waals surface area contributed by atoms with Gasteiger partial charge in [0.25, 0.3) is 0 Å². The molecule has 2 fully saturated rings. The van der Waals surface area contributed by atoms with E-state index in [4.69, 9.17) is 27.9 Å². The summed E-state index contributed by atoms with van der Waals surface area (Å²) in [6.45, 7) is 5.20. The third-order valence-electron chi connectivity index (χ3n) is 6.07. The molecule has 3 aliphatic rings. The Hall–Kier alpha value is -2.09. The lowest BCUT2D eigenvalue weighted by molar-refractivity contribution is -0.120. The first kappa shape index (κ1) is 19.8. The molecule has 158 valence electrons. The van der Waals surface area contributed by atoms with Crippen LogP contribution in [0.15, 0.2) is 30.6 Å². The van der Waals surface area contributed by atoms with E-state index in [9.17, 15) is 9.59 Å². The Morgan fingerprint density at radius 2 is 1.93 bits per heavy atom. The number of rotatable bonds is 3. The number of amides is 2. The number of carbonyl (C=O) groups is 2. The summed E-state index contributed by atoms with van der Waals surface area (Å²) in [7, 11) is 0. The average Bonchev–Trinajstić information content (AvgIpc) is 3.06. The summed E-state index contributed by atoms with van der Waals surface area (Å²) in [6, 6.07) is 5.91. The molecule has 9 heteroatoms. The highest BCUT2D eigenvalue weighted by atomic mass is 35.5. The Morgan fingerprint density at radius 3 is 2.53 bits per heavy atom. The van der Waals surface area contributed by atoms with Crippen LogP contribution in [0.1, 0.15) is 26.3 Å². The maximum absolute atomic E-state index is 13.2. The number of ether oxygens (including phenoxy) is 1. The van der Waals surface area contributed by atoms with Crippen molar-refractivity contribution in [3.05, 3.63) is 30.6 Å². The van der Waals surface area contributed by atoms with Gasteiger partial charge in [-0.05, 0) is 31.0 Å². The van der Waals surface area contributed by atoms with Crippen LogP contribution in [0.5, 0.6) is 0 Å². The first-order valence-corrected chi connectivity index (χ1v) is 10.8. The van der Waals surface area contributed by atoms with Gasteiger partial charge in [0, 0.05) is 25.2 Å². The average molecular weight is 449 g/mol. The molecular weight excluding hydrogens is 427 g/mol. The number of nitrogens with zero attached hydrogens (tertiary/aromatic N) is 4. The number of alkyl halides is 2. The van der Waals surface area contributed by atoms with Crippen LogP contribution in [0.25, 0.3) is 11.1 Å². The van der Waals surface area contributed by atoms with Crippen molar-refractivity contribution in [2.24, 2.45) is 5.92 Å². The number of anilines is 2. The van der Waals surface area contributed by atoms with Gasteiger partial charge < -0.3 is 14.5 Å². The zero-order chi connectivity index (χ0) is 21.2. The van der Waals surface area contributed by atoms with E-state index in [1.807, 2.05) is 42.2 Å². The van der Waals surface area contributed by atoms with Crippen molar-refractivity contribution >= 4 is 46.4 Å².